The largest absolute Gasteiger partial charge is 0.229 e. The van der Waals surface area contributed by atoms with Crippen LogP contribution in [0.1, 0.15) is 0 Å². The Morgan fingerprint density at radius 3 is 2.70 bits per heavy atom. The third-order valence-corrected chi connectivity index (χ3v) is 1.75. The quantitative estimate of drug-likeness (QED) is 0.546. The van der Waals surface area contributed by atoms with Crippen molar-refractivity contribution in [2.24, 2.45) is 5.10 Å². The van der Waals surface area contributed by atoms with Gasteiger partial charge in [0.2, 0.25) is 0 Å². The number of rotatable bonds is 2. The van der Waals surface area contributed by atoms with E-state index in [4.69, 9.17) is 0 Å². The summed E-state index contributed by atoms with van der Waals surface area (Å²) >= 11 is 0. The topological polar surface area (TPSA) is 60.6 Å². The van der Waals surface area contributed by atoms with E-state index in [-0.39, 0.29) is 5.75 Å². The lowest BCUT2D eigenvalue weighted by Crippen LogP contribution is -2.11. The number of hydrogen-bond donors (Lipinski definition) is 0. The molecule has 1 aliphatic heterocycles. The van der Waals surface area contributed by atoms with Crippen LogP contribution in [-0.4, -0.2) is 26.1 Å². The summed E-state index contributed by atoms with van der Waals surface area (Å²) in [5.41, 5.74) is 3.99. The molecule has 10 heavy (non-hydrogen) atoms. The lowest BCUT2D eigenvalue weighted by atomic mass is 10.4. The van der Waals surface area contributed by atoms with Crippen molar-refractivity contribution in [1.82, 2.24) is 5.43 Å². The molecular formula is C5H7N2O2S. The van der Waals surface area contributed by atoms with E-state index in [2.05, 4.69) is 10.5 Å². The Kier molecular flexibility index (Phi) is 1.76. The Hall–Kier alpha value is -0.840. The predicted octanol–water partition coefficient (Wildman–Crippen LogP) is -0.481. The molecule has 0 amide bonds. The first-order valence-corrected chi connectivity index (χ1v) is 4.75. The fraction of sp³-hybridized carbons (Fsp3) is 0.400. The van der Waals surface area contributed by atoms with E-state index in [0.717, 1.165) is 0 Å². The van der Waals surface area contributed by atoms with Crippen LogP contribution in [0.3, 0.4) is 0 Å². The molecule has 0 aromatic carbocycles. The molecule has 0 aromatic rings. The van der Waals surface area contributed by atoms with Crippen LogP contribution in [0.15, 0.2) is 17.4 Å². The third-order valence-electron chi connectivity index (χ3n) is 0.930. The summed E-state index contributed by atoms with van der Waals surface area (Å²) in [5, 5.41) is 3.57. The Labute approximate surface area is 59.5 Å². The molecule has 4 nitrogen and oxygen atoms in total. The lowest BCUT2D eigenvalue weighted by molar-refractivity contribution is 0.605. The SMILES string of the molecule is CS(=O)(=O)CC1=N[N]C=C1. The van der Waals surface area contributed by atoms with Gasteiger partial charge in [-0.05, 0) is 6.08 Å². The second-order valence-corrected chi connectivity index (χ2v) is 4.23. The summed E-state index contributed by atoms with van der Waals surface area (Å²) in [6, 6.07) is 0. The smallest absolute Gasteiger partial charge is 0.153 e. The van der Waals surface area contributed by atoms with E-state index in [1.54, 1.807) is 6.08 Å². The van der Waals surface area contributed by atoms with Crippen LogP contribution >= 0.6 is 0 Å². The maximum Gasteiger partial charge on any atom is 0.153 e. The second-order valence-electron chi connectivity index (χ2n) is 2.09. The molecule has 1 aliphatic rings. The van der Waals surface area contributed by atoms with Crippen molar-refractivity contribution in [3.05, 3.63) is 12.3 Å². The Morgan fingerprint density at radius 1 is 1.60 bits per heavy atom. The van der Waals surface area contributed by atoms with E-state index in [1.807, 2.05) is 0 Å². The molecule has 0 saturated carbocycles. The normalized spacial score (nSPS) is 16.7. The molecule has 0 bridgehead atoms. The van der Waals surface area contributed by atoms with E-state index in [1.165, 1.54) is 12.5 Å². The summed E-state index contributed by atoms with van der Waals surface area (Å²) in [6.07, 6.45) is 4.23. The standard InChI is InChI=1S/C5H7N2O2S/c1-10(8,9)4-5-2-3-6-7-5/h2-3H,4H2,1H3. The number of hydrogen-bond acceptors (Lipinski definition) is 3. The van der Waals surface area contributed by atoms with Crippen molar-refractivity contribution in [3.8, 4) is 0 Å². The molecule has 0 fully saturated rings. The highest BCUT2D eigenvalue weighted by Crippen LogP contribution is 1.94. The van der Waals surface area contributed by atoms with Gasteiger partial charge < -0.3 is 0 Å². The maximum atomic E-state index is 10.6. The van der Waals surface area contributed by atoms with Crippen LogP contribution in [0.25, 0.3) is 0 Å². The molecule has 0 aromatic heterocycles. The van der Waals surface area contributed by atoms with Gasteiger partial charge >= 0.3 is 0 Å². The minimum atomic E-state index is -2.95. The lowest BCUT2D eigenvalue weighted by Gasteiger charge is -1.91. The molecule has 1 heterocycles. The second kappa shape index (κ2) is 2.42. The van der Waals surface area contributed by atoms with Crippen molar-refractivity contribution in [2.45, 2.75) is 0 Å². The molecule has 55 valence electrons. The number of sulfone groups is 1. The molecule has 5 heteroatoms. The molecular weight excluding hydrogens is 152 g/mol. The first-order valence-electron chi connectivity index (χ1n) is 2.69. The van der Waals surface area contributed by atoms with Gasteiger partial charge in [-0.15, -0.1) is 0 Å². The van der Waals surface area contributed by atoms with Gasteiger partial charge in [0.1, 0.15) is 0 Å². The van der Waals surface area contributed by atoms with E-state index < -0.39 is 9.84 Å². The molecule has 1 radical (unpaired) electrons. The van der Waals surface area contributed by atoms with Crippen LogP contribution in [0.4, 0.5) is 0 Å². The van der Waals surface area contributed by atoms with Crippen LogP contribution in [-0.2, 0) is 9.84 Å². The van der Waals surface area contributed by atoms with Crippen molar-refractivity contribution >= 4 is 15.5 Å². The minimum absolute atomic E-state index is 0.0208. The fourth-order valence-corrected chi connectivity index (χ4v) is 1.30. The van der Waals surface area contributed by atoms with Gasteiger partial charge in [0.15, 0.2) is 9.84 Å². The maximum absolute atomic E-state index is 10.6. The van der Waals surface area contributed by atoms with Gasteiger partial charge in [0, 0.05) is 6.26 Å². The van der Waals surface area contributed by atoms with Crippen LogP contribution < -0.4 is 5.43 Å². The number of nitrogens with zero attached hydrogens (tertiary/aromatic N) is 2. The van der Waals surface area contributed by atoms with Crippen LogP contribution in [0, 0.1) is 0 Å². The Bertz CT molecular complexity index is 276. The number of allylic oxidation sites excluding steroid dienone is 1. The molecule has 0 saturated heterocycles. The van der Waals surface area contributed by atoms with Gasteiger partial charge in [-0.25, -0.2) is 8.42 Å². The van der Waals surface area contributed by atoms with Crippen LogP contribution in [0.5, 0.6) is 0 Å². The molecule has 0 spiro atoms. The van der Waals surface area contributed by atoms with E-state index in [0.29, 0.717) is 5.71 Å². The van der Waals surface area contributed by atoms with Gasteiger partial charge in [-0.1, -0.05) is 0 Å². The van der Waals surface area contributed by atoms with Crippen molar-refractivity contribution in [1.29, 1.82) is 0 Å². The first kappa shape index (κ1) is 7.27. The zero-order chi connectivity index (χ0) is 7.61. The summed E-state index contributed by atoms with van der Waals surface area (Å²) in [5.74, 6) is -0.0208. The molecule has 0 N–H and O–H groups in total. The molecule has 0 atom stereocenters. The predicted molar refractivity (Wildman–Crippen MR) is 38.4 cm³/mol. The Morgan fingerprint density at radius 2 is 2.30 bits per heavy atom. The highest BCUT2D eigenvalue weighted by Gasteiger charge is 2.08. The van der Waals surface area contributed by atoms with E-state index in [9.17, 15) is 8.42 Å². The minimum Gasteiger partial charge on any atom is -0.229 e. The molecule has 0 aliphatic carbocycles. The molecule has 0 unspecified atom stereocenters. The highest BCUT2D eigenvalue weighted by atomic mass is 32.2. The fourth-order valence-electron chi connectivity index (χ4n) is 0.606. The molecule has 1 rings (SSSR count). The third kappa shape index (κ3) is 2.18. The Balaban J connectivity index is 2.63. The van der Waals surface area contributed by atoms with Gasteiger partial charge in [-0.2, -0.15) is 10.5 Å². The monoisotopic (exact) mass is 159 g/mol. The van der Waals surface area contributed by atoms with Crippen molar-refractivity contribution in [2.75, 3.05) is 12.0 Å². The highest BCUT2D eigenvalue weighted by molar-refractivity contribution is 7.91. The summed E-state index contributed by atoms with van der Waals surface area (Å²) in [4.78, 5) is 0. The summed E-state index contributed by atoms with van der Waals surface area (Å²) in [6.45, 7) is 0. The summed E-state index contributed by atoms with van der Waals surface area (Å²) < 4.78 is 21.3. The summed E-state index contributed by atoms with van der Waals surface area (Å²) in [7, 11) is -2.95. The van der Waals surface area contributed by atoms with E-state index >= 15 is 0 Å². The average molecular weight is 159 g/mol. The van der Waals surface area contributed by atoms with Gasteiger partial charge in [-0.3, -0.25) is 0 Å². The first-order chi connectivity index (χ1) is 4.58. The van der Waals surface area contributed by atoms with Crippen molar-refractivity contribution in [3.63, 3.8) is 0 Å². The average Bonchev–Trinajstić information content (AvgIpc) is 2.12. The zero-order valence-corrected chi connectivity index (χ0v) is 6.30. The van der Waals surface area contributed by atoms with Gasteiger partial charge in [0.25, 0.3) is 0 Å². The van der Waals surface area contributed by atoms with Crippen molar-refractivity contribution < 1.29 is 8.42 Å². The van der Waals surface area contributed by atoms with Crippen LogP contribution in [0.2, 0.25) is 0 Å². The van der Waals surface area contributed by atoms with Gasteiger partial charge in [0.05, 0.1) is 17.7 Å². The zero-order valence-electron chi connectivity index (χ0n) is 5.48.